The third-order valence-corrected chi connectivity index (χ3v) is 5.67. The summed E-state index contributed by atoms with van der Waals surface area (Å²) in [6.45, 7) is 11.1. The Balaban J connectivity index is 0. The fraction of sp³-hybridized carbons (Fsp3) is 0.536. The Bertz CT molecular complexity index is 785. The summed E-state index contributed by atoms with van der Waals surface area (Å²) in [5, 5.41) is 0. The lowest BCUT2D eigenvalue weighted by Crippen LogP contribution is -2.25. The van der Waals surface area contributed by atoms with E-state index in [0.29, 0.717) is 11.7 Å². The average Bonchev–Trinajstić information content (AvgIpc) is 2.75. The number of hydrogen-bond acceptors (Lipinski definition) is 4. The van der Waals surface area contributed by atoms with E-state index < -0.39 is 6.10 Å². The van der Waals surface area contributed by atoms with Crippen molar-refractivity contribution in [3.63, 3.8) is 0 Å². The molecule has 0 saturated heterocycles. The van der Waals surface area contributed by atoms with Crippen molar-refractivity contribution in [2.75, 3.05) is 19.1 Å². The molecule has 2 aromatic rings. The first-order chi connectivity index (χ1) is 14.3. The number of rotatable bonds is 11. The lowest BCUT2D eigenvalue weighted by Gasteiger charge is -2.26. The fourth-order valence-corrected chi connectivity index (χ4v) is 3.14. The van der Waals surface area contributed by atoms with Crippen LogP contribution in [-0.4, -0.2) is 31.2 Å². The summed E-state index contributed by atoms with van der Waals surface area (Å²) in [6, 6.07) is 16.3. The summed E-state index contributed by atoms with van der Waals surface area (Å²) in [7, 11) is 0. The highest BCUT2D eigenvalue weighted by Gasteiger charge is 2.23. The Labute approximate surface area is 207 Å². The van der Waals surface area contributed by atoms with Crippen LogP contribution in [0.1, 0.15) is 74.4 Å². The first-order valence-electron chi connectivity index (χ1n) is 10.5. The normalized spacial score (nSPS) is 12.2. The predicted molar refractivity (Wildman–Crippen MR) is 142 cm³/mol. The van der Waals surface area contributed by atoms with Crippen molar-refractivity contribution in [3.8, 4) is 11.5 Å². The molecule has 0 aliphatic rings. The molecule has 0 saturated carbocycles. The molecule has 2 aromatic carbocycles. The van der Waals surface area contributed by atoms with E-state index in [2.05, 4.69) is 52.0 Å². The van der Waals surface area contributed by atoms with Crippen molar-refractivity contribution >= 4 is 17.6 Å². The zero-order valence-electron chi connectivity index (χ0n) is 18.6. The van der Waals surface area contributed by atoms with Crippen LogP contribution in [0.5, 0.6) is 11.5 Å². The number of esters is 1. The number of carbonyl (C=O) groups is 1. The highest BCUT2D eigenvalue weighted by atomic mass is 35.5. The van der Waals surface area contributed by atoms with E-state index in [4.69, 9.17) is 25.8 Å². The second-order valence-corrected chi connectivity index (χ2v) is 8.50. The first-order valence-corrected chi connectivity index (χ1v) is 11.0. The molecule has 0 radical (unpaired) electrons. The maximum atomic E-state index is 11.1. The quantitative estimate of drug-likeness (QED) is 0.242. The van der Waals surface area contributed by atoms with Crippen molar-refractivity contribution in [1.82, 2.24) is 0 Å². The molecule has 0 N–H and O–H groups in total. The van der Waals surface area contributed by atoms with E-state index >= 15 is 0 Å². The highest BCUT2D eigenvalue weighted by molar-refractivity contribution is 6.18. The minimum absolute atomic E-state index is 0. The van der Waals surface area contributed by atoms with Crippen molar-refractivity contribution in [2.24, 2.45) is 5.92 Å². The number of halogens is 1. The molecule has 0 aromatic heterocycles. The van der Waals surface area contributed by atoms with E-state index in [9.17, 15) is 4.79 Å². The van der Waals surface area contributed by atoms with Gasteiger partial charge in [-0.2, -0.15) is 0 Å². The summed E-state index contributed by atoms with van der Waals surface area (Å²) >= 11 is 5.82. The van der Waals surface area contributed by atoms with Crippen LogP contribution in [0.3, 0.4) is 0 Å². The maximum Gasteiger partial charge on any atom is 0.303 e. The van der Waals surface area contributed by atoms with Gasteiger partial charge in [-0.15, -0.1) is 11.6 Å². The van der Waals surface area contributed by atoms with E-state index in [1.54, 1.807) is 0 Å². The van der Waals surface area contributed by atoms with Gasteiger partial charge in [-0.3, -0.25) is 4.79 Å². The minimum Gasteiger partial charge on any atom is -0.493 e. The topological polar surface area (TPSA) is 44.8 Å². The smallest absolute Gasteiger partial charge is 0.303 e. The first kappa shape index (κ1) is 33.0. The van der Waals surface area contributed by atoms with Crippen LogP contribution in [0.15, 0.2) is 48.5 Å². The zero-order chi connectivity index (χ0) is 22.1. The van der Waals surface area contributed by atoms with Crippen molar-refractivity contribution in [3.05, 3.63) is 59.7 Å². The summed E-state index contributed by atoms with van der Waals surface area (Å²) in [6.07, 6.45) is 0.655. The minimum atomic E-state index is -0.457. The van der Waals surface area contributed by atoms with Crippen LogP contribution in [-0.2, 0) is 14.9 Å². The molecule has 0 fully saturated rings. The van der Waals surface area contributed by atoms with Gasteiger partial charge in [-0.25, -0.2) is 0 Å². The lowest BCUT2D eigenvalue weighted by molar-refractivity contribution is -0.146. The summed E-state index contributed by atoms with van der Waals surface area (Å²) < 4.78 is 16.7. The zero-order valence-corrected chi connectivity index (χ0v) is 19.4. The van der Waals surface area contributed by atoms with Crippen LogP contribution in [0.4, 0.5) is 0 Å². The van der Waals surface area contributed by atoms with Gasteiger partial charge in [0.2, 0.25) is 0 Å². The van der Waals surface area contributed by atoms with Crippen LogP contribution in [0, 0.1) is 5.92 Å². The molecule has 0 heterocycles. The van der Waals surface area contributed by atoms with Crippen LogP contribution in [0.2, 0.25) is 0 Å². The largest absolute Gasteiger partial charge is 0.493 e. The Kier molecular flexibility index (Phi) is 15.6. The van der Waals surface area contributed by atoms with E-state index in [0.717, 1.165) is 18.8 Å². The molecule has 5 heteroatoms. The summed E-state index contributed by atoms with van der Waals surface area (Å²) in [5.41, 5.74) is 2.23. The standard InChI is InChI=1S/C25H33ClO4.3CH4/c1-6-18(2)16-28-22-11-7-20(8-12-22)25(4,5)21-9-13-23(14-10-21)29-17-24(15-26)30-19(3)27;;;/h7-14,18,24H,6,15-17H2,1-5H3;3*1H4/t18-,24-;;;/m1.../s1. The van der Waals surface area contributed by atoms with Gasteiger partial charge in [0.05, 0.1) is 12.5 Å². The Morgan fingerprint density at radius 2 is 1.30 bits per heavy atom. The Morgan fingerprint density at radius 3 is 1.67 bits per heavy atom. The van der Waals surface area contributed by atoms with Gasteiger partial charge >= 0.3 is 5.97 Å². The monoisotopic (exact) mass is 480 g/mol. The van der Waals surface area contributed by atoms with Crippen LogP contribution < -0.4 is 9.47 Å². The van der Waals surface area contributed by atoms with E-state index in [1.165, 1.54) is 18.1 Å². The molecule has 0 bridgehead atoms. The van der Waals surface area contributed by atoms with Gasteiger partial charge in [-0.05, 0) is 41.3 Å². The Morgan fingerprint density at radius 1 is 0.879 bits per heavy atom. The van der Waals surface area contributed by atoms with Crippen molar-refractivity contribution < 1.29 is 19.0 Å². The van der Waals surface area contributed by atoms with Gasteiger partial charge in [0.15, 0.2) is 0 Å². The fourth-order valence-electron chi connectivity index (χ4n) is 2.99. The second kappa shape index (κ2) is 15.6. The molecule has 0 unspecified atom stereocenters. The van der Waals surface area contributed by atoms with Gasteiger partial charge in [0.25, 0.3) is 0 Å². The molecule has 4 nitrogen and oxygen atoms in total. The van der Waals surface area contributed by atoms with E-state index in [-0.39, 0.29) is 46.2 Å². The molecule has 188 valence electrons. The van der Waals surface area contributed by atoms with Gasteiger partial charge in [0.1, 0.15) is 24.2 Å². The van der Waals surface area contributed by atoms with Gasteiger partial charge < -0.3 is 14.2 Å². The lowest BCUT2D eigenvalue weighted by atomic mass is 9.78. The third kappa shape index (κ3) is 10.1. The molecule has 33 heavy (non-hydrogen) atoms. The molecule has 0 amide bonds. The highest BCUT2D eigenvalue weighted by Crippen LogP contribution is 2.33. The van der Waals surface area contributed by atoms with Crippen LogP contribution >= 0.6 is 11.6 Å². The van der Waals surface area contributed by atoms with E-state index in [1.807, 2.05) is 24.3 Å². The van der Waals surface area contributed by atoms with Crippen LogP contribution in [0.25, 0.3) is 0 Å². The third-order valence-electron chi connectivity index (χ3n) is 5.32. The maximum absolute atomic E-state index is 11.1. The van der Waals surface area contributed by atoms with Gasteiger partial charge in [0, 0.05) is 12.3 Å². The summed E-state index contributed by atoms with van der Waals surface area (Å²) in [4.78, 5) is 11.1. The van der Waals surface area contributed by atoms with Crippen molar-refractivity contribution in [2.45, 2.75) is 74.8 Å². The molecular weight excluding hydrogens is 436 g/mol. The SMILES string of the molecule is C.C.C.CC[C@@H](C)COc1ccc(C(C)(C)c2ccc(OC[C@@H](CCl)OC(C)=O)cc2)cc1. The molecule has 0 spiro atoms. The number of alkyl halides is 1. The molecule has 0 aliphatic heterocycles. The van der Waals surface area contributed by atoms with Crippen molar-refractivity contribution in [1.29, 1.82) is 0 Å². The number of ether oxygens (including phenoxy) is 3. The average molecular weight is 481 g/mol. The molecular formula is C28H45ClO4. The molecule has 0 aliphatic carbocycles. The second-order valence-electron chi connectivity index (χ2n) is 8.19. The molecule has 2 rings (SSSR count). The number of hydrogen-bond donors (Lipinski definition) is 0. The number of benzene rings is 2. The predicted octanol–water partition coefficient (Wildman–Crippen LogP) is 7.90. The molecule has 2 atom stereocenters. The number of carbonyl (C=O) groups excluding carboxylic acids is 1. The summed E-state index contributed by atoms with van der Waals surface area (Å²) in [5.74, 6) is 2.00. The van der Waals surface area contributed by atoms with Gasteiger partial charge in [-0.1, -0.05) is 80.7 Å². The Hall–Kier alpha value is -2.20.